The van der Waals surface area contributed by atoms with Crippen LogP contribution in [0.1, 0.15) is 47.2 Å². The Morgan fingerprint density at radius 3 is 2.84 bits per heavy atom. The van der Waals surface area contributed by atoms with Crippen LogP contribution < -0.4 is 11.0 Å². The molecule has 3 N–H and O–H groups in total. The Balaban J connectivity index is 0.00000272. The Labute approximate surface area is 192 Å². The zero-order valence-electron chi connectivity index (χ0n) is 17.2. The Kier molecular flexibility index (Phi) is 7.81. The first-order valence-corrected chi connectivity index (χ1v) is 10.9. The zero-order valence-corrected chi connectivity index (χ0v) is 18.8. The maximum absolute atomic E-state index is 12.7. The summed E-state index contributed by atoms with van der Waals surface area (Å²) >= 11 is 6.11. The molecule has 4 rings (SSSR count). The van der Waals surface area contributed by atoms with Crippen molar-refractivity contribution in [3.05, 3.63) is 62.5 Å². The molecule has 0 amide bonds. The van der Waals surface area contributed by atoms with Crippen LogP contribution >= 0.6 is 24.0 Å². The first-order chi connectivity index (χ1) is 14.5. The van der Waals surface area contributed by atoms with Gasteiger partial charge in [0.25, 0.3) is 0 Å². The van der Waals surface area contributed by atoms with E-state index in [-0.39, 0.29) is 29.6 Å². The van der Waals surface area contributed by atoms with E-state index in [9.17, 15) is 14.7 Å². The molecule has 0 radical (unpaired) electrons. The van der Waals surface area contributed by atoms with Gasteiger partial charge in [-0.2, -0.15) is 0 Å². The van der Waals surface area contributed by atoms with Crippen molar-refractivity contribution in [2.24, 2.45) is 0 Å². The van der Waals surface area contributed by atoms with Gasteiger partial charge in [0.05, 0.1) is 11.0 Å². The average Bonchev–Trinajstić information content (AvgIpc) is 3.05. The van der Waals surface area contributed by atoms with E-state index in [0.29, 0.717) is 17.0 Å². The van der Waals surface area contributed by atoms with Crippen LogP contribution in [0.15, 0.2) is 35.1 Å². The highest BCUT2D eigenvalue weighted by atomic mass is 35.5. The number of imidazole rings is 1. The summed E-state index contributed by atoms with van der Waals surface area (Å²) < 4.78 is 1.78. The number of hydrogen-bond acceptors (Lipinski definition) is 4. The third-order valence-electron chi connectivity index (χ3n) is 5.71. The molecule has 0 aliphatic carbocycles. The summed E-state index contributed by atoms with van der Waals surface area (Å²) in [4.78, 5) is 27.6. The van der Waals surface area contributed by atoms with Crippen LogP contribution in [0, 0.1) is 0 Å². The number of carbonyl (C=O) groups excluding carboxylic acids is 1. The van der Waals surface area contributed by atoms with Gasteiger partial charge >= 0.3 is 5.69 Å². The van der Waals surface area contributed by atoms with Crippen LogP contribution in [0.4, 0.5) is 0 Å². The van der Waals surface area contributed by atoms with Crippen LogP contribution in [-0.4, -0.2) is 33.5 Å². The van der Waals surface area contributed by atoms with Gasteiger partial charge in [-0.3, -0.25) is 9.36 Å². The fourth-order valence-electron chi connectivity index (χ4n) is 4.15. The number of aromatic nitrogens is 2. The van der Waals surface area contributed by atoms with Crippen LogP contribution in [0.2, 0.25) is 5.02 Å². The number of aromatic hydroxyl groups is 1. The topological polar surface area (TPSA) is 87.1 Å². The van der Waals surface area contributed by atoms with Gasteiger partial charge in [-0.05, 0) is 80.6 Å². The monoisotopic (exact) mass is 463 g/mol. The van der Waals surface area contributed by atoms with Crippen molar-refractivity contribution < 1.29 is 9.90 Å². The van der Waals surface area contributed by atoms with Crippen LogP contribution in [0.25, 0.3) is 11.0 Å². The lowest BCUT2D eigenvalue weighted by Gasteiger charge is -2.15. The lowest BCUT2D eigenvalue weighted by atomic mass is 9.98. The molecule has 0 unspecified atom stereocenters. The highest BCUT2D eigenvalue weighted by Crippen LogP contribution is 2.25. The molecule has 0 saturated carbocycles. The molecular formula is C23H27Cl2N3O3. The Hall–Kier alpha value is -2.28. The van der Waals surface area contributed by atoms with E-state index in [1.54, 1.807) is 16.7 Å². The van der Waals surface area contributed by atoms with Gasteiger partial charge in [-0.25, -0.2) is 4.79 Å². The smallest absolute Gasteiger partial charge is 0.326 e. The predicted octanol–water partition coefficient (Wildman–Crippen LogP) is 4.24. The van der Waals surface area contributed by atoms with Crippen molar-refractivity contribution in [3.63, 3.8) is 0 Å². The summed E-state index contributed by atoms with van der Waals surface area (Å²) in [6, 6.07) is 8.82. The number of nitrogens with zero attached hydrogens (tertiary/aromatic N) is 1. The number of H-pyrrole nitrogens is 1. The minimum absolute atomic E-state index is 0. The van der Waals surface area contributed by atoms with Crippen LogP contribution in [-0.2, 0) is 19.4 Å². The lowest BCUT2D eigenvalue weighted by Crippen LogP contribution is -2.20. The number of rotatable bonds is 9. The fraction of sp³-hybridized carbons (Fsp3) is 0.391. The number of ketones is 1. The first-order valence-electron chi connectivity index (χ1n) is 10.5. The largest absolute Gasteiger partial charge is 0.508 e. The lowest BCUT2D eigenvalue weighted by molar-refractivity contribution is 0.0979. The molecule has 0 spiro atoms. The molecule has 2 aromatic carbocycles. The highest BCUT2D eigenvalue weighted by molar-refractivity contribution is 6.31. The number of phenolic OH excluding ortho intramolecular Hbond substituents is 1. The van der Waals surface area contributed by atoms with E-state index in [4.69, 9.17) is 11.6 Å². The molecule has 8 heteroatoms. The molecule has 31 heavy (non-hydrogen) atoms. The molecule has 0 fully saturated rings. The molecule has 2 heterocycles. The first kappa shape index (κ1) is 23.4. The molecule has 0 saturated heterocycles. The number of Topliss-reactive ketones (excluding diaryl/α,β-unsaturated/α-hetero) is 1. The molecule has 0 atom stereocenters. The number of aromatic amines is 1. The van der Waals surface area contributed by atoms with E-state index in [2.05, 4.69) is 10.3 Å². The SMILES string of the molecule is Cl.O=C(CCCCNCCc1ccc(O)cc1Cl)c1cc2c3c(c1)[nH]c(=O)n3CCC2. The number of phenols is 1. The number of aryl methyl sites for hydroxylation is 2. The van der Waals surface area contributed by atoms with Crippen LogP contribution in [0.3, 0.4) is 0 Å². The Morgan fingerprint density at radius 1 is 1.19 bits per heavy atom. The van der Waals surface area contributed by atoms with Gasteiger partial charge < -0.3 is 15.4 Å². The highest BCUT2D eigenvalue weighted by Gasteiger charge is 2.18. The summed E-state index contributed by atoms with van der Waals surface area (Å²) in [5.74, 6) is 0.303. The van der Waals surface area contributed by atoms with Crippen molar-refractivity contribution in [2.75, 3.05) is 13.1 Å². The number of hydrogen-bond donors (Lipinski definition) is 3. The van der Waals surface area contributed by atoms with Gasteiger partial charge in [0, 0.05) is 23.6 Å². The second-order valence-electron chi connectivity index (χ2n) is 7.87. The maximum atomic E-state index is 12.7. The normalized spacial score (nSPS) is 12.7. The molecule has 6 nitrogen and oxygen atoms in total. The van der Waals surface area contributed by atoms with E-state index < -0.39 is 0 Å². The van der Waals surface area contributed by atoms with Gasteiger partial charge in [-0.15, -0.1) is 12.4 Å². The third-order valence-corrected chi connectivity index (χ3v) is 6.06. The summed E-state index contributed by atoms with van der Waals surface area (Å²) in [6.45, 7) is 2.37. The number of nitrogens with one attached hydrogen (secondary N) is 2. The van der Waals surface area contributed by atoms with Gasteiger partial charge in [0.2, 0.25) is 0 Å². The summed E-state index contributed by atoms with van der Waals surface area (Å²) in [7, 11) is 0. The average molecular weight is 464 g/mol. The molecular weight excluding hydrogens is 437 g/mol. The third kappa shape index (κ3) is 5.32. The zero-order chi connectivity index (χ0) is 21.1. The summed E-state index contributed by atoms with van der Waals surface area (Å²) in [5, 5.41) is 13.3. The minimum Gasteiger partial charge on any atom is -0.508 e. The molecule has 1 aliphatic heterocycles. The second-order valence-corrected chi connectivity index (χ2v) is 8.28. The van der Waals surface area contributed by atoms with Gasteiger partial charge in [-0.1, -0.05) is 17.7 Å². The van der Waals surface area contributed by atoms with Crippen molar-refractivity contribution >= 4 is 40.8 Å². The molecule has 1 aliphatic rings. The number of benzene rings is 2. The van der Waals surface area contributed by atoms with Gasteiger partial charge in [0.1, 0.15) is 5.75 Å². The Bertz CT molecular complexity index is 1140. The summed E-state index contributed by atoms with van der Waals surface area (Å²) in [6.07, 6.45) is 4.86. The number of carbonyl (C=O) groups is 1. The second kappa shape index (κ2) is 10.4. The molecule has 0 bridgehead atoms. The predicted molar refractivity (Wildman–Crippen MR) is 126 cm³/mol. The number of unbranched alkanes of at least 4 members (excludes halogenated alkanes) is 1. The Morgan fingerprint density at radius 2 is 2.03 bits per heavy atom. The van der Waals surface area contributed by atoms with Gasteiger partial charge in [0.15, 0.2) is 5.78 Å². The van der Waals surface area contributed by atoms with E-state index >= 15 is 0 Å². The number of halogens is 2. The quantitative estimate of drug-likeness (QED) is 0.327. The van der Waals surface area contributed by atoms with E-state index in [1.165, 1.54) is 0 Å². The molecule has 1 aromatic heterocycles. The maximum Gasteiger partial charge on any atom is 0.326 e. The molecule has 166 valence electrons. The van der Waals surface area contributed by atoms with Crippen molar-refractivity contribution in [1.29, 1.82) is 0 Å². The van der Waals surface area contributed by atoms with Crippen molar-refractivity contribution in [1.82, 2.24) is 14.9 Å². The standard InChI is InChI=1S/C23H26ClN3O3.ClH/c24-19-14-18(28)7-6-15(19)8-10-25-9-2-1-5-21(29)17-12-16-4-3-11-27-22(16)20(13-17)26-23(27)30;/h6-7,12-14,25,28H,1-5,8-11H2,(H,26,30);1H. The van der Waals surface area contributed by atoms with E-state index in [0.717, 1.165) is 73.9 Å². The van der Waals surface area contributed by atoms with Crippen LogP contribution in [0.5, 0.6) is 5.75 Å². The summed E-state index contributed by atoms with van der Waals surface area (Å²) in [5.41, 5.74) is 4.44. The van der Waals surface area contributed by atoms with E-state index in [1.807, 2.05) is 18.2 Å². The van der Waals surface area contributed by atoms with Crippen molar-refractivity contribution in [3.8, 4) is 5.75 Å². The fourth-order valence-corrected chi connectivity index (χ4v) is 4.42. The minimum atomic E-state index is -0.0878. The molecule has 3 aromatic rings. The van der Waals surface area contributed by atoms with Crippen molar-refractivity contribution in [2.45, 2.75) is 45.1 Å².